The fraction of sp³-hybridized carbons (Fsp3) is 0.0952. The van der Waals surface area contributed by atoms with E-state index < -0.39 is 15.8 Å². The lowest BCUT2D eigenvalue weighted by molar-refractivity contribution is 0.104. The molecule has 5 nitrogen and oxygen atoms in total. The van der Waals surface area contributed by atoms with Crippen molar-refractivity contribution in [3.05, 3.63) is 83.9 Å². The third kappa shape index (κ3) is 4.11. The molecule has 2 aromatic carbocycles. The minimum Gasteiger partial charge on any atom is -0.457 e. The number of nitrogens with zero attached hydrogens (tertiary/aromatic N) is 1. The van der Waals surface area contributed by atoms with E-state index in [2.05, 4.69) is 0 Å². The lowest BCUT2D eigenvalue weighted by Gasteiger charge is -2.11. The van der Waals surface area contributed by atoms with Crippen LogP contribution in [0.4, 0.5) is 4.39 Å². The summed E-state index contributed by atoms with van der Waals surface area (Å²) in [5, 5.41) is 0. The van der Waals surface area contributed by atoms with Crippen LogP contribution in [0.2, 0.25) is 0 Å². The molecule has 3 rings (SSSR count). The van der Waals surface area contributed by atoms with Crippen molar-refractivity contribution in [3.8, 4) is 11.3 Å². The first-order valence-corrected chi connectivity index (χ1v) is 9.83. The fourth-order valence-corrected chi connectivity index (χ4v) is 3.41. The largest absolute Gasteiger partial charge is 0.457 e. The van der Waals surface area contributed by atoms with E-state index in [1.807, 2.05) is 0 Å². The Morgan fingerprint density at radius 2 is 1.68 bits per heavy atom. The molecular weight excluding hydrogens is 381 g/mol. The van der Waals surface area contributed by atoms with Gasteiger partial charge in [-0.15, -0.1) is 0 Å². The van der Waals surface area contributed by atoms with Gasteiger partial charge in [-0.1, -0.05) is 12.1 Å². The zero-order valence-electron chi connectivity index (χ0n) is 15.3. The number of carbonyl (C=O) groups is 1. The molecule has 3 aromatic rings. The van der Waals surface area contributed by atoms with Crippen LogP contribution in [0, 0.1) is 5.82 Å². The Bertz CT molecular complexity index is 1130. The van der Waals surface area contributed by atoms with E-state index in [-0.39, 0.29) is 10.7 Å². The van der Waals surface area contributed by atoms with Gasteiger partial charge in [0.25, 0.3) is 0 Å². The van der Waals surface area contributed by atoms with Crippen LogP contribution in [-0.4, -0.2) is 32.6 Å². The molecule has 1 heterocycles. The van der Waals surface area contributed by atoms with Crippen molar-refractivity contribution in [1.29, 1.82) is 0 Å². The molecule has 0 bridgehead atoms. The smallest absolute Gasteiger partial charge is 0.242 e. The highest BCUT2D eigenvalue weighted by molar-refractivity contribution is 7.89. The van der Waals surface area contributed by atoms with Crippen molar-refractivity contribution >= 4 is 21.9 Å². The number of hydrogen-bond acceptors (Lipinski definition) is 4. The highest BCUT2D eigenvalue weighted by Gasteiger charge is 2.17. The first-order valence-electron chi connectivity index (χ1n) is 8.39. The maximum absolute atomic E-state index is 13.8. The molecule has 0 fully saturated rings. The molecule has 0 N–H and O–H groups in total. The Morgan fingerprint density at radius 3 is 2.32 bits per heavy atom. The van der Waals surface area contributed by atoms with E-state index in [4.69, 9.17) is 4.42 Å². The van der Waals surface area contributed by atoms with Gasteiger partial charge in [0, 0.05) is 19.7 Å². The summed E-state index contributed by atoms with van der Waals surface area (Å²) in [6.07, 6.45) is 2.80. The van der Waals surface area contributed by atoms with Crippen molar-refractivity contribution in [2.24, 2.45) is 0 Å². The van der Waals surface area contributed by atoms with E-state index in [1.165, 1.54) is 56.6 Å². The Morgan fingerprint density at radius 1 is 1.00 bits per heavy atom. The summed E-state index contributed by atoms with van der Waals surface area (Å²) in [5.74, 6) is 0.0655. The van der Waals surface area contributed by atoms with Crippen molar-refractivity contribution in [2.75, 3.05) is 14.1 Å². The van der Waals surface area contributed by atoms with Crippen molar-refractivity contribution in [2.45, 2.75) is 4.90 Å². The molecule has 0 aliphatic rings. The minimum absolute atomic E-state index is 0.110. The number of allylic oxidation sites excluding steroid dienone is 1. The fourth-order valence-electron chi connectivity index (χ4n) is 2.50. The van der Waals surface area contributed by atoms with Gasteiger partial charge in [-0.05, 0) is 60.7 Å². The Labute approximate surface area is 162 Å². The van der Waals surface area contributed by atoms with Crippen LogP contribution in [0.5, 0.6) is 0 Å². The number of rotatable bonds is 6. The zero-order valence-corrected chi connectivity index (χ0v) is 16.1. The zero-order chi connectivity index (χ0) is 20.3. The number of sulfonamides is 1. The van der Waals surface area contributed by atoms with E-state index in [1.54, 1.807) is 30.3 Å². The standard InChI is InChI=1S/C21H18FNO4S/c1-23(2)28(25,26)17-11-7-15(8-12-17)20(24)13-9-16-10-14-21(27-16)18-5-3-4-6-19(18)22/h3-14H,1-2H3/b13-9+. The minimum atomic E-state index is -3.54. The lowest BCUT2D eigenvalue weighted by atomic mass is 10.1. The molecule has 0 amide bonds. The average molecular weight is 399 g/mol. The Kier molecular flexibility index (Phi) is 5.58. The number of carbonyl (C=O) groups excluding carboxylic acids is 1. The summed E-state index contributed by atoms with van der Waals surface area (Å²) in [7, 11) is -0.662. The first-order chi connectivity index (χ1) is 13.3. The van der Waals surface area contributed by atoms with Gasteiger partial charge in [-0.25, -0.2) is 17.1 Å². The molecule has 0 atom stereocenters. The maximum atomic E-state index is 13.8. The second-order valence-electron chi connectivity index (χ2n) is 6.19. The molecule has 28 heavy (non-hydrogen) atoms. The summed E-state index contributed by atoms with van der Waals surface area (Å²) in [4.78, 5) is 12.4. The lowest BCUT2D eigenvalue weighted by Crippen LogP contribution is -2.22. The number of furan rings is 1. The van der Waals surface area contributed by atoms with Gasteiger partial charge in [-0.3, -0.25) is 4.79 Å². The van der Waals surface area contributed by atoms with Crippen LogP contribution in [0.25, 0.3) is 17.4 Å². The van der Waals surface area contributed by atoms with E-state index in [9.17, 15) is 17.6 Å². The molecule has 0 radical (unpaired) electrons. The molecule has 0 saturated carbocycles. The number of halogens is 1. The monoisotopic (exact) mass is 399 g/mol. The molecular formula is C21H18FNO4S. The van der Waals surface area contributed by atoms with Crippen molar-refractivity contribution in [3.63, 3.8) is 0 Å². The summed E-state index contributed by atoms with van der Waals surface area (Å²) < 4.78 is 44.6. The third-order valence-corrected chi connectivity index (χ3v) is 5.91. The van der Waals surface area contributed by atoms with Crippen LogP contribution in [0.1, 0.15) is 16.1 Å². The summed E-state index contributed by atoms with van der Waals surface area (Å²) >= 11 is 0. The van der Waals surface area contributed by atoms with Crippen molar-refractivity contribution in [1.82, 2.24) is 4.31 Å². The van der Waals surface area contributed by atoms with E-state index in [0.29, 0.717) is 22.6 Å². The van der Waals surface area contributed by atoms with Gasteiger partial charge < -0.3 is 4.42 Å². The SMILES string of the molecule is CN(C)S(=O)(=O)c1ccc(C(=O)/C=C/c2ccc(-c3ccccc3F)o2)cc1. The molecule has 0 saturated heterocycles. The Balaban J connectivity index is 1.75. The van der Waals surface area contributed by atoms with Gasteiger partial charge in [0.2, 0.25) is 10.0 Å². The highest BCUT2D eigenvalue weighted by atomic mass is 32.2. The molecule has 0 spiro atoms. The van der Waals surface area contributed by atoms with Crippen LogP contribution >= 0.6 is 0 Å². The van der Waals surface area contributed by atoms with E-state index in [0.717, 1.165) is 4.31 Å². The summed E-state index contributed by atoms with van der Waals surface area (Å²) in [6, 6.07) is 15.2. The van der Waals surface area contributed by atoms with E-state index >= 15 is 0 Å². The van der Waals surface area contributed by atoms with Crippen LogP contribution < -0.4 is 0 Å². The van der Waals surface area contributed by atoms with Crippen molar-refractivity contribution < 1.29 is 22.0 Å². The Hall–Kier alpha value is -3.03. The van der Waals surface area contributed by atoms with Crippen LogP contribution in [0.15, 0.2) is 76.1 Å². The van der Waals surface area contributed by atoms with Gasteiger partial charge in [0.05, 0.1) is 10.5 Å². The highest BCUT2D eigenvalue weighted by Crippen LogP contribution is 2.25. The number of hydrogen-bond donors (Lipinski definition) is 0. The van der Waals surface area contributed by atoms with Gasteiger partial charge in [0.1, 0.15) is 17.3 Å². The van der Waals surface area contributed by atoms with Crippen LogP contribution in [0.3, 0.4) is 0 Å². The summed E-state index contributed by atoms with van der Waals surface area (Å²) in [5.41, 5.74) is 0.681. The van der Waals surface area contributed by atoms with Gasteiger partial charge >= 0.3 is 0 Å². The average Bonchev–Trinajstić information content (AvgIpc) is 3.15. The maximum Gasteiger partial charge on any atom is 0.242 e. The predicted octanol–water partition coefficient (Wildman–Crippen LogP) is 4.23. The third-order valence-electron chi connectivity index (χ3n) is 4.08. The topological polar surface area (TPSA) is 67.6 Å². The van der Waals surface area contributed by atoms with Gasteiger partial charge in [-0.2, -0.15) is 0 Å². The first kappa shape index (κ1) is 19.7. The van der Waals surface area contributed by atoms with Crippen LogP contribution in [-0.2, 0) is 10.0 Å². The normalized spacial score (nSPS) is 12.0. The second-order valence-corrected chi connectivity index (χ2v) is 8.34. The molecule has 7 heteroatoms. The second kappa shape index (κ2) is 7.92. The van der Waals surface area contributed by atoms with Gasteiger partial charge in [0.15, 0.2) is 5.78 Å². The molecule has 0 aliphatic carbocycles. The predicted molar refractivity (Wildman–Crippen MR) is 105 cm³/mol. The molecule has 0 unspecified atom stereocenters. The number of benzene rings is 2. The quantitative estimate of drug-likeness (QED) is 0.459. The summed E-state index contributed by atoms with van der Waals surface area (Å²) in [6.45, 7) is 0. The molecule has 1 aromatic heterocycles. The molecule has 0 aliphatic heterocycles. The molecule has 144 valence electrons. The number of ketones is 1.